The molecule has 0 aromatic heterocycles. The van der Waals surface area contributed by atoms with Crippen molar-refractivity contribution in [2.45, 2.75) is 102 Å². The van der Waals surface area contributed by atoms with Crippen molar-refractivity contribution in [1.29, 1.82) is 0 Å². The fourth-order valence-electron chi connectivity index (χ4n) is 5.13. The van der Waals surface area contributed by atoms with Gasteiger partial charge in [0, 0.05) is 23.2 Å². The number of hydrogen-bond donors (Lipinski definition) is 2. The van der Waals surface area contributed by atoms with E-state index in [0.29, 0.717) is 17.9 Å². The molecular formula is C34H51NO5S. The highest BCUT2D eigenvalue weighted by Gasteiger charge is 2.27. The summed E-state index contributed by atoms with van der Waals surface area (Å²) in [6, 6.07) is 8.20. The van der Waals surface area contributed by atoms with Gasteiger partial charge in [0.2, 0.25) is 0 Å². The smallest absolute Gasteiger partial charge is 0.350 e. The zero-order valence-corrected chi connectivity index (χ0v) is 26.3. The SMILES string of the molecule is CCCCCCCCCCCCc1ccccc1[SH](CCCC(=O)C(CC(=O)OC)C1=CC=CC=CN1)C(=O)OC. The number of unbranched alkanes of at least 4 members (excludes halogenated alkanes) is 9. The summed E-state index contributed by atoms with van der Waals surface area (Å²) in [4.78, 5) is 39.3. The second-order valence-corrected chi connectivity index (χ2v) is 12.7. The number of hydrogen-bond acceptors (Lipinski definition) is 6. The van der Waals surface area contributed by atoms with Crippen LogP contribution in [0.4, 0.5) is 4.79 Å². The summed E-state index contributed by atoms with van der Waals surface area (Å²) >= 11 is 0. The highest BCUT2D eigenvalue weighted by atomic mass is 32.2. The minimum absolute atomic E-state index is 0.0245. The van der Waals surface area contributed by atoms with Gasteiger partial charge in [0.05, 0.1) is 26.6 Å². The average molecular weight is 586 g/mol. The zero-order chi connectivity index (χ0) is 29.7. The molecule has 2 rings (SSSR count). The van der Waals surface area contributed by atoms with E-state index in [1.54, 1.807) is 6.20 Å². The highest BCUT2D eigenvalue weighted by Crippen LogP contribution is 2.41. The van der Waals surface area contributed by atoms with Crippen LogP contribution < -0.4 is 5.32 Å². The molecule has 0 fully saturated rings. The van der Waals surface area contributed by atoms with Gasteiger partial charge in [-0.3, -0.25) is 9.59 Å². The molecule has 0 saturated carbocycles. The number of aryl methyl sites for hydroxylation is 1. The first-order valence-corrected chi connectivity index (χ1v) is 16.9. The molecule has 6 nitrogen and oxygen atoms in total. The van der Waals surface area contributed by atoms with Gasteiger partial charge in [-0.15, -0.1) is 10.9 Å². The standard InChI is InChI=1S/C34H51NO5S/c1-4-5-6-7-8-9-10-11-12-14-20-28-21-16-17-24-32(28)41(34(38)40-3)26-19-23-31(36)29(27-33(37)39-2)30-22-15-13-18-25-35-30/h13,15-18,21-22,24-25,29,35,41H,4-12,14,19-20,23,26-27H2,1-3H3. The molecule has 2 unspecified atom stereocenters. The van der Waals surface area contributed by atoms with E-state index in [2.05, 4.69) is 24.4 Å². The molecule has 1 aliphatic heterocycles. The van der Waals surface area contributed by atoms with Gasteiger partial charge in [0.25, 0.3) is 0 Å². The van der Waals surface area contributed by atoms with E-state index >= 15 is 0 Å². The molecule has 41 heavy (non-hydrogen) atoms. The van der Waals surface area contributed by atoms with Gasteiger partial charge in [0.1, 0.15) is 5.78 Å². The largest absolute Gasteiger partial charge is 0.469 e. The minimum Gasteiger partial charge on any atom is -0.469 e. The number of carbonyl (C=O) groups excluding carboxylic acids is 3. The van der Waals surface area contributed by atoms with Crippen LogP contribution in [0.15, 0.2) is 65.4 Å². The molecule has 0 bridgehead atoms. The van der Waals surface area contributed by atoms with Crippen LogP contribution in [-0.2, 0) is 25.5 Å². The maximum atomic E-state index is 13.3. The van der Waals surface area contributed by atoms with Crippen molar-refractivity contribution in [3.63, 3.8) is 0 Å². The molecule has 1 aromatic carbocycles. The Labute approximate surface area is 250 Å². The Hall–Kier alpha value is -2.80. The third-order valence-corrected chi connectivity index (χ3v) is 9.89. The van der Waals surface area contributed by atoms with Gasteiger partial charge in [-0.05, 0) is 48.8 Å². The van der Waals surface area contributed by atoms with E-state index in [0.717, 1.165) is 17.7 Å². The molecule has 2 atom stereocenters. The predicted molar refractivity (Wildman–Crippen MR) is 170 cm³/mol. The molecular weight excluding hydrogens is 534 g/mol. The lowest BCUT2D eigenvalue weighted by Gasteiger charge is -2.23. The second-order valence-electron chi connectivity index (χ2n) is 10.6. The van der Waals surface area contributed by atoms with Crippen molar-refractivity contribution in [2.24, 2.45) is 5.92 Å². The fraction of sp³-hybridized carbons (Fsp3) is 0.559. The number of carbonyl (C=O) groups is 3. The van der Waals surface area contributed by atoms with Crippen LogP contribution in [0.3, 0.4) is 0 Å². The number of benzene rings is 1. The van der Waals surface area contributed by atoms with Crippen LogP contribution in [0.1, 0.15) is 96.0 Å². The molecule has 228 valence electrons. The highest BCUT2D eigenvalue weighted by molar-refractivity contribution is 8.29. The Bertz CT molecular complexity index is 1030. The third-order valence-electron chi connectivity index (χ3n) is 7.49. The first-order chi connectivity index (χ1) is 20.0. The molecule has 0 spiro atoms. The van der Waals surface area contributed by atoms with Gasteiger partial charge in [-0.2, -0.15) is 0 Å². The van der Waals surface area contributed by atoms with E-state index in [9.17, 15) is 14.4 Å². The number of ketones is 1. The summed E-state index contributed by atoms with van der Waals surface area (Å²) in [5.41, 5.74) is 1.88. The Morgan fingerprint density at radius 3 is 2.20 bits per heavy atom. The number of thiol groups is 1. The summed E-state index contributed by atoms with van der Waals surface area (Å²) in [7, 11) is 1.54. The molecule has 1 N–H and O–H groups in total. The number of nitrogens with one attached hydrogen (secondary N) is 1. The number of ether oxygens (including phenoxy) is 2. The summed E-state index contributed by atoms with van der Waals surface area (Å²) in [5, 5.41) is 2.91. The van der Waals surface area contributed by atoms with Crippen molar-refractivity contribution in [2.75, 3.05) is 20.0 Å². The normalized spacial score (nSPS) is 14.4. The Morgan fingerprint density at radius 2 is 1.51 bits per heavy atom. The second kappa shape index (κ2) is 21.0. The van der Waals surface area contributed by atoms with Crippen LogP contribution in [0.5, 0.6) is 0 Å². The van der Waals surface area contributed by atoms with Crippen molar-refractivity contribution < 1.29 is 23.9 Å². The summed E-state index contributed by atoms with van der Waals surface area (Å²) in [5.74, 6) is -0.528. The van der Waals surface area contributed by atoms with Crippen LogP contribution in [-0.4, -0.2) is 37.0 Å². The van der Waals surface area contributed by atoms with E-state index in [1.807, 2.05) is 36.4 Å². The lowest BCUT2D eigenvalue weighted by molar-refractivity contribution is -0.143. The van der Waals surface area contributed by atoms with E-state index in [-0.39, 0.29) is 23.9 Å². The van der Waals surface area contributed by atoms with Gasteiger partial charge in [0.15, 0.2) is 0 Å². The van der Waals surface area contributed by atoms with Crippen molar-refractivity contribution in [1.82, 2.24) is 5.32 Å². The third kappa shape index (κ3) is 13.2. The molecule has 0 saturated heterocycles. The predicted octanol–water partition coefficient (Wildman–Crippen LogP) is 8.36. The first kappa shape index (κ1) is 34.4. The lowest BCUT2D eigenvalue weighted by Crippen LogP contribution is -2.26. The number of rotatable bonds is 20. The quantitative estimate of drug-likeness (QED) is 0.0909. The molecule has 0 amide bonds. The molecule has 0 radical (unpaired) electrons. The van der Waals surface area contributed by atoms with Crippen molar-refractivity contribution in [3.8, 4) is 0 Å². The Balaban J connectivity index is 1.94. The van der Waals surface area contributed by atoms with E-state index in [1.165, 1.54) is 77.6 Å². The van der Waals surface area contributed by atoms with Gasteiger partial charge >= 0.3 is 11.3 Å². The molecule has 7 heteroatoms. The summed E-state index contributed by atoms with van der Waals surface area (Å²) in [6.07, 6.45) is 23.7. The van der Waals surface area contributed by atoms with Gasteiger partial charge < -0.3 is 14.8 Å². The monoisotopic (exact) mass is 585 g/mol. The maximum Gasteiger partial charge on any atom is 0.350 e. The molecule has 0 aliphatic carbocycles. The number of esters is 1. The molecule has 1 heterocycles. The van der Waals surface area contributed by atoms with Gasteiger partial charge in [-0.1, -0.05) is 95.1 Å². The van der Waals surface area contributed by atoms with Crippen molar-refractivity contribution in [3.05, 3.63) is 66.0 Å². The number of Topliss-reactive ketones (excluding diaryl/α,β-unsaturated/α-hetero) is 1. The van der Waals surface area contributed by atoms with Crippen molar-refractivity contribution >= 4 is 27.9 Å². The van der Waals surface area contributed by atoms with Crippen LogP contribution in [0, 0.1) is 5.92 Å². The molecule has 1 aromatic rings. The zero-order valence-electron chi connectivity index (χ0n) is 25.4. The minimum atomic E-state index is -1.22. The average Bonchev–Trinajstić information content (AvgIpc) is 3.28. The first-order valence-electron chi connectivity index (χ1n) is 15.3. The van der Waals surface area contributed by atoms with E-state index in [4.69, 9.17) is 9.47 Å². The van der Waals surface area contributed by atoms with Crippen LogP contribution in [0.2, 0.25) is 0 Å². The topological polar surface area (TPSA) is 81.7 Å². The fourth-order valence-corrected chi connectivity index (χ4v) is 7.24. The van der Waals surface area contributed by atoms with Gasteiger partial charge in [-0.25, -0.2) is 4.79 Å². The van der Waals surface area contributed by atoms with Crippen LogP contribution >= 0.6 is 10.9 Å². The molecule has 1 aliphatic rings. The number of allylic oxidation sites excluding steroid dienone is 5. The summed E-state index contributed by atoms with van der Waals surface area (Å²) in [6.45, 7) is 2.25. The Kier molecular flexibility index (Phi) is 17.6. The van der Waals surface area contributed by atoms with Crippen LogP contribution in [0.25, 0.3) is 0 Å². The Morgan fingerprint density at radius 1 is 0.829 bits per heavy atom. The van der Waals surface area contributed by atoms with E-state index < -0.39 is 22.8 Å². The maximum absolute atomic E-state index is 13.3. The lowest BCUT2D eigenvalue weighted by atomic mass is 9.93. The number of methoxy groups -OCH3 is 2. The summed E-state index contributed by atoms with van der Waals surface area (Å²) < 4.78 is 10.1.